The van der Waals surface area contributed by atoms with Crippen LogP contribution in [0.5, 0.6) is 5.75 Å². The van der Waals surface area contributed by atoms with E-state index in [9.17, 15) is 14.7 Å². The standard InChI is InChI=1S/C24H19NO4/c1-29-19-15-9-8-14-18(19)21-20(22(26)16-10-4-2-5-11-16)23(27)24(28)25(21)17-12-6-3-7-13-17/h2-15,21,26H,1H3/b22-20+. The van der Waals surface area contributed by atoms with E-state index in [0.717, 1.165) is 0 Å². The molecule has 1 aliphatic rings. The average molecular weight is 385 g/mol. The zero-order valence-corrected chi connectivity index (χ0v) is 15.8. The van der Waals surface area contributed by atoms with Crippen molar-refractivity contribution in [3.63, 3.8) is 0 Å². The number of hydrogen-bond donors (Lipinski definition) is 1. The van der Waals surface area contributed by atoms with Crippen LogP contribution in [0.1, 0.15) is 17.2 Å². The van der Waals surface area contributed by atoms with Crippen LogP contribution < -0.4 is 9.64 Å². The Morgan fingerprint density at radius 2 is 1.45 bits per heavy atom. The predicted molar refractivity (Wildman–Crippen MR) is 111 cm³/mol. The molecule has 0 saturated carbocycles. The third-order valence-corrected chi connectivity index (χ3v) is 4.96. The Bertz CT molecular complexity index is 1090. The third kappa shape index (κ3) is 3.17. The Kier molecular flexibility index (Phi) is 4.87. The Balaban J connectivity index is 1.99. The molecule has 1 N–H and O–H groups in total. The number of amides is 1. The van der Waals surface area contributed by atoms with Gasteiger partial charge in [-0.1, -0.05) is 66.7 Å². The molecular weight excluding hydrogens is 366 g/mol. The molecule has 144 valence electrons. The van der Waals surface area contributed by atoms with Gasteiger partial charge >= 0.3 is 0 Å². The molecule has 1 unspecified atom stereocenters. The zero-order valence-electron chi connectivity index (χ0n) is 15.8. The predicted octanol–water partition coefficient (Wildman–Crippen LogP) is 4.32. The van der Waals surface area contributed by atoms with Crippen molar-refractivity contribution in [1.29, 1.82) is 0 Å². The van der Waals surface area contributed by atoms with Crippen molar-refractivity contribution in [2.75, 3.05) is 12.0 Å². The summed E-state index contributed by atoms with van der Waals surface area (Å²) in [7, 11) is 1.53. The van der Waals surface area contributed by atoms with Gasteiger partial charge in [0, 0.05) is 16.8 Å². The molecule has 0 bridgehead atoms. The summed E-state index contributed by atoms with van der Waals surface area (Å²) in [6.45, 7) is 0. The maximum absolute atomic E-state index is 13.0. The first-order valence-corrected chi connectivity index (χ1v) is 9.18. The number of Topliss-reactive ketones (excluding diaryl/α,β-unsaturated/α-hetero) is 1. The number of benzene rings is 3. The lowest BCUT2D eigenvalue weighted by Crippen LogP contribution is -2.29. The number of carbonyl (C=O) groups is 2. The number of carbonyl (C=O) groups excluding carboxylic acids is 2. The Hall–Kier alpha value is -3.86. The molecule has 0 radical (unpaired) electrons. The highest BCUT2D eigenvalue weighted by Gasteiger charge is 2.47. The van der Waals surface area contributed by atoms with Gasteiger partial charge in [-0.25, -0.2) is 0 Å². The normalized spacial score (nSPS) is 18.1. The van der Waals surface area contributed by atoms with Crippen molar-refractivity contribution in [3.05, 3.63) is 102 Å². The van der Waals surface area contributed by atoms with E-state index in [-0.39, 0.29) is 11.3 Å². The van der Waals surface area contributed by atoms with Crippen LogP contribution in [0.3, 0.4) is 0 Å². The van der Waals surface area contributed by atoms with Gasteiger partial charge in [0.05, 0.1) is 18.7 Å². The molecule has 29 heavy (non-hydrogen) atoms. The lowest BCUT2D eigenvalue weighted by Gasteiger charge is -2.26. The maximum Gasteiger partial charge on any atom is 0.300 e. The van der Waals surface area contributed by atoms with Crippen LogP contribution >= 0.6 is 0 Å². The molecule has 0 aliphatic carbocycles. The minimum Gasteiger partial charge on any atom is -0.507 e. The summed E-state index contributed by atoms with van der Waals surface area (Å²) in [6, 6.07) is 24.1. The number of rotatable bonds is 4. The monoisotopic (exact) mass is 385 g/mol. The Morgan fingerprint density at radius 3 is 2.10 bits per heavy atom. The Labute approximate surface area is 168 Å². The van der Waals surface area contributed by atoms with Crippen LogP contribution in [0.2, 0.25) is 0 Å². The molecule has 0 spiro atoms. The largest absolute Gasteiger partial charge is 0.507 e. The quantitative estimate of drug-likeness (QED) is 0.413. The summed E-state index contributed by atoms with van der Waals surface area (Å²) in [5.41, 5.74) is 1.70. The molecule has 3 aromatic carbocycles. The SMILES string of the molecule is COc1ccccc1C1/C(=C(\O)c2ccccc2)C(=O)C(=O)N1c1ccccc1. The van der Waals surface area contributed by atoms with Gasteiger partial charge in [0.15, 0.2) is 0 Å². The first kappa shape index (κ1) is 18.5. The van der Waals surface area contributed by atoms with Gasteiger partial charge in [0.2, 0.25) is 0 Å². The lowest BCUT2D eigenvalue weighted by atomic mass is 9.94. The number of para-hydroxylation sites is 2. The number of hydrogen-bond acceptors (Lipinski definition) is 4. The van der Waals surface area contributed by atoms with Gasteiger partial charge in [-0.15, -0.1) is 0 Å². The fourth-order valence-corrected chi connectivity index (χ4v) is 3.63. The first-order valence-electron chi connectivity index (χ1n) is 9.18. The number of anilines is 1. The summed E-state index contributed by atoms with van der Waals surface area (Å²) in [6.07, 6.45) is 0. The molecule has 1 atom stereocenters. The second-order valence-corrected chi connectivity index (χ2v) is 6.61. The molecule has 4 rings (SSSR count). The second-order valence-electron chi connectivity index (χ2n) is 6.61. The topological polar surface area (TPSA) is 66.8 Å². The van der Waals surface area contributed by atoms with Gasteiger partial charge in [-0.2, -0.15) is 0 Å². The highest BCUT2D eigenvalue weighted by molar-refractivity contribution is 6.51. The van der Waals surface area contributed by atoms with Crippen molar-refractivity contribution in [1.82, 2.24) is 0 Å². The van der Waals surface area contributed by atoms with E-state index in [1.807, 2.05) is 24.3 Å². The van der Waals surface area contributed by atoms with Crippen molar-refractivity contribution < 1.29 is 19.4 Å². The molecule has 0 aromatic heterocycles. The molecule has 5 nitrogen and oxygen atoms in total. The van der Waals surface area contributed by atoms with Crippen molar-refractivity contribution >= 4 is 23.1 Å². The smallest absolute Gasteiger partial charge is 0.300 e. The van der Waals surface area contributed by atoms with Crippen LogP contribution in [0.15, 0.2) is 90.5 Å². The highest BCUT2D eigenvalue weighted by atomic mass is 16.5. The molecule has 5 heteroatoms. The molecule has 1 saturated heterocycles. The van der Waals surface area contributed by atoms with Crippen LogP contribution in [-0.2, 0) is 9.59 Å². The van der Waals surface area contributed by atoms with Gasteiger partial charge in [-0.05, 0) is 18.2 Å². The number of ketones is 1. The van der Waals surface area contributed by atoms with Gasteiger partial charge in [-0.3, -0.25) is 14.5 Å². The minimum atomic E-state index is -0.811. The lowest BCUT2D eigenvalue weighted by molar-refractivity contribution is -0.132. The maximum atomic E-state index is 13.0. The third-order valence-electron chi connectivity index (χ3n) is 4.96. The number of aliphatic hydroxyl groups is 1. The van der Waals surface area contributed by atoms with E-state index < -0.39 is 17.7 Å². The fourth-order valence-electron chi connectivity index (χ4n) is 3.63. The van der Waals surface area contributed by atoms with E-state index in [4.69, 9.17) is 4.74 Å². The molecule has 1 fully saturated rings. The van der Waals surface area contributed by atoms with E-state index in [1.165, 1.54) is 12.0 Å². The van der Waals surface area contributed by atoms with Crippen LogP contribution in [0.4, 0.5) is 5.69 Å². The molecule has 3 aromatic rings. The van der Waals surface area contributed by atoms with Gasteiger partial charge < -0.3 is 9.84 Å². The van der Waals surface area contributed by atoms with Crippen LogP contribution in [-0.4, -0.2) is 23.9 Å². The highest BCUT2D eigenvalue weighted by Crippen LogP contribution is 2.44. The van der Waals surface area contributed by atoms with E-state index in [1.54, 1.807) is 60.7 Å². The number of methoxy groups -OCH3 is 1. The summed E-state index contributed by atoms with van der Waals surface area (Å²) in [4.78, 5) is 27.5. The number of ether oxygens (including phenoxy) is 1. The molecule has 1 amide bonds. The number of nitrogens with zero attached hydrogens (tertiary/aromatic N) is 1. The summed E-state index contributed by atoms with van der Waals surface area (Å²) in [5.74, 6) is -1.10. The van der Waals surface area contributed by atoms with E-state index in [2.05, 4.69) is 0 Å². The molecule has 1 aliphatic heterocycles. The first-order chi connectivity index (χ1) is 14.1. The fraction of sp³-hybridized carbons (Fsp3) is 0.0833. The van der Waals surface area contributed by atoms with E-state index >= 15 is 0 Å². The van der Waals surface area contributed by atoms with Gasteiger partial charge in [0.25, 0.3) is 11.7 Å². The summed E-state index contributed by atoms with van der Waals surface area (Å²) in [5, 5.41) is 11.0. The van der Waals surface area contributed by atoms with Crippen molar-refractivity contribution in [2.24, 2.45) is 0 Å². The Morgan fingerprint density at radius 1 is 0.862 bits per heavy atom. The number of aliphatic hydroxyl groups excluding tert-OH is 1. The minimum absolute atomic E-state index is 0.0366. The zero-order chi connectivity index (χ0) is 20.4. The average Bonchev–Trinajstić information content (AvgIpc) is 3.05. The second kappa shape index (κ2) is 7.64. The summed E-state index contributed by atoms with van der Waals surface area (Å²) >= 11 is 0. The summed E-state index contributed by atoms with van der Waals surface area (Å²) < 4.78 is 5.49. The molecule has 1 heterocycles. The molecular formula is C24H19NO4. The van der Waals surface area contributed by atoms with Crippen LogP contribution in [0, 0.1) is 0 Å². The van der Waals surface area contributed by atoms with Crippen molar-refractivity contribution in [3.8, 4) is 5.75 Å². The van der Waals surface area contributed by atoms with Crippen LogP contribution in [0.25, 0.3) is 5.76 Å². The van der Waals surface area contributed by atoms with Gasteiger partial charge in [0.1, 0.15) is 11.5 Å². The van der Waals surface area contributed by atoms with Crippen molar-refractivity contribution in [2.45, 2.75) is 6.04 Å². The van der Waals surface area contributed by atoms with E-state index in [0.29, 0.717) is 22.6 Å².